The van der Waals surface area contributed by atoms with Crippen LogP contribution >= 0.6 is 15.9 Å². The molecule has 0 unspecified atom stereocenters. The predicted octanol–water partition coefficient (Wildman–Crippen LogP) is 3.91. The molecule has 0 aliphatic carbocycles. The molecule has 0 radical (unpaired) electrons. The van der Waals surface area contributed by atoms with Crippen LogP contribution in [0.25, 0.3) is 10.9 Å². The van der Waals surface area contributed by atoms with Crippen molar-refractivity contribution in [3.05, 3.63) is 58.7 Å². The number of ether oxygens (including phenoxy) is 1. The number of anilines is 1. The van der Waals surface area contributed by atoms with Gasteiger partial charge in [-0.15, -0.1) is 0 Å². The van der Waals surface area contributed by atoms with Crippen molar-refractivity contribution in [3.63, 3.8) is 0 Å². The Balaban J connectivity index is 1.54. The van der Waals surface area contributed by atoms with Crippen molar-refractivity contribution in [1.82, 2.24) is 9.47 Å². The topological polar surface area (TPSA) is 37.7 Å². The molecule has 1 aliphatic heterocycles. The van der Waals surface area contributed by atoms with Crippen LogP contribution < -0.4 is 9.64 Å². The normalized spacial score (nSPS) is 14.6. The Hall–Kier alpha value is -2.47. The number of hydrogen-bond donors (Lipinski definition) is 0. The van der Waals surface area contributed by atoms with Gasteiger partial charge in [0.2, 0.25) is 0 Å². The number of hydrogen-bond acceptors (Lipinski definition) is 3. The Kier molecular flexibility index (Phi) is 4.83. The van der Waals surface area contributed by atoms with Crippen molar-refractivity contribution in [2.45, 2.75) is 0 Å². The molecule has 0 N–H and O–H groups in total. The molecule has 140 valence electrons. The Morgan fingerprint density at radius 2 is 1.67 bits per heavy atom. The summed E-state index contributed by atoms with van der Waals surface area (Å²) >= 11 is 3.64. The predicted molar refractivity (Wildman–Crippen MR) is 112 cm³/mol. The summed E-state index contributed by atoms with van der Waals surface area (Å²) in [6, 6.07) is 16.1. The molecule has 1 aliphatic rings. The summed E-state index contributed by atoms with van der Waals surface area (Å²) in [6.07, 6.45) is 0. The first-order valence-corrected chi connectivity index (χ1v) is 9.81. The molecule has 0 bridgehead atoms. The molecule has 3 aromatic rings. The number of benzene rings is 2. The highest BCUT2D eigenvalue weighted by Crippen LogP contribution is 2.32. The third-order valence-electron chi connectivity index (χ3n) is 5.24. The Labute approximate surface area is 167 Å². The lowest BCUT2D eigenvalue weighted by Gasteiger charge is -2.36. The molecule has 1 saturated heterocycles. The fourth-order valence-electron chi connectivity index (χ4n) is 3.78. The summed E-state index contributed by atoms with van der Waals surface area (Å²) in [5.41, 5.74) is 2.85. The van der Waals surface area contributed by atoms with E-state index in [2.05, 4.69) is 26.9 Å². The second-order valence-electron chi connectivity index (χ2n) is 6.69. The van der Waals surface area contributed by atoms with Crippen molar-refractivity contribution in [1.29, 1.82) is 0 Å². The maximum atomic E-state index is 13.2. The average Bonchev–Trinajstić information content (AvgIpc) is 2.98. The van der Waals surface area contributed by atoms with E-state index in [1.165, 1.54) is 0 Å². The number of aryl methyl sites for hydroxylation is 1. The van der Waals surface area contributed by atoms with Crippen LogP contribution in [0.15, 0.2) is 53.0 Å². The number of methoxy groups -OCH3 is 1. The highest BCUT2D eigenvalue weighted by atomic mass is 79.9. The Morgan fingerprint density at radius 1 is 1.00 bits per heavy atom. The van der Waals surface area contributed by atoms with Gasteiger partial charge < -0.3 is 19.1 Å². The maximum absolute atomic E-state index is 13.2. The van der Waals surface area contributed by atoms with E-state index in [4.69, 9.17) is 4.74 Å². The molecule has 0 saturated carbocycles. The minimum atomic E-state index is 0.0697. The number of aromatic nitrogens is 1. The Morgan fingerprint density at radius 3 is 2.37 bits per heavy atom. The van der Waals surface area contributed by atoms with Crippen LogP contribution in [0.1, 0.15) is 10.5 Å². The SMILES string of the molecule is COc1ccccc1N1CCN(C(=O)c2c(Br)c3ccccc3n2C)CC1. The molecule has 5 nitrogen and oxygen atoms in total. The van der Waals surface area contributed by atoms with E-state index >= 15 is 0 Å². The standard InChI is InChI=1S/C21H22BrN3O2/c1-23-16-8-4-3-7-15(16)19(22)20(23)21(26)25-13-11-24(12-14-25)17-9-5-6-10-18(17)27-2/h3-10H,11-14H2,1-2H3. The monoisotopic (exact) mass is 427 g/mol. The zero-order valence-corrected chi connectivity index (χ0v) is 17.1. The lowest BCUT2D eigenvalue weighted by atomic mass is 10.2. The largest absolute Gasteiger partial charge is 0.495 e. The number of para-hydroxylation sites is 3. The van der Waals surface area contributed by atoms with Gasteiger partial charge in [0.05, 0.1) is 17.3 Å². The van der Waals surface area contributed by atoms with Gasteiger partial charge in [0.1, 0.15) is 11.4 Å². The smallest absolute Gasteiger partial charge is 0.271 e. The number of carbonyl (C=O) groups excluding carboxylic acids is 1. The molecule has 0 spiro atoms. The number of amides is 1. The highest BCUT2D eigenvalue weighted by Gasteiger charge is 2.27. The second kappa shape index (κ2) is 7.27. The summed E-state index contributed by atoms with van der Waals surface area (Å²) in [5, 5.41) is 1.07. The molecule has 1 amide bonds. The number of piperazine rings is 1. The van der Waals surface area contributed by atoms with Crippen molar-refractivity contribution in [2.75, 3.05) is 38.2 Å². The van der Waals surface area contributed by atoms with Gasteiger partial charge in [-0.1, -0.05) is 30.3 Å². The van der Waals surface area contributed by atoms with Crippen molar-refractivity contribution < 1.29 is 9.53 Å². The summed E-state index contributed by atoms with van der Waals surface area (Å²) in [5.74, 6) is 0.939. The van der Waals surface area contributed by atoms with Gasteiger partial charge >= 0.3 is 0 Å². The van der Waals surface area contributed by atoms with E-state index in [1.807, 2.05) is 59.0 Å². The molecule has 1 fully saturated rings. The molecule has 27 heavy (non-hydrogen) atoms. The molecular weight excluding hydrogens is 406 g/mol. The quantitative estimate of drug-likeness (QED) is 0.635. The molecular formula is C21H22BrN3O2. The number of fused-ring (bicyclic) bond motifs is 1. The van der Waals surface area contributed by atoms with Gasteiger partial charge in [-0.2, -0.15) is 0 Å². The third-order valence-corrected chi connectivity index (χ3v) is 6.04. The van der Waals surface area contributed by atoms with Gasteiger partial charge in [0.15, 0.2) is 0 Å². The summed E-state index contributed by atoms with van der Waals surface area (Å²) in [4.78, 5) is 17.4. The second-order valence-corrected chi connectivity index (χ2v) is 7.48. The van der Waals surface area contributed by atoms with Crippen molar-refractivity contribution in [2.24, 2.45) is 7.05 Å². The van der Waals surface area contributed by atoms with Crippen LogP contribution in [0.5, 0.6) is 5.75 Å². The van der Waals surface area contributed by atoms with Crippen LogP contribution in [0.2, 0.25) is 0 Å². The van der Waals surface area contributed by atoms with Gasteiger partial charge in [-0.25, -0.2) is 0 Å². The highest BCUT2D eigenvalue weighted by molar-refractivity contribution is 9.10. The summed E-state index contributed by atoms with van der Waals surface area (Å²) in [7, 11) is 3.64. The van der Waals surface area contributed by atoms with Crippen LogP contribution in [0.4, 0.5) is 5.69 Å². The molecule has 0 atom stereocenters. The molecule has 2 heterocycles. The van der Waals surface area contributed by atoms with E-state index in [-0.39, 0.29) is 5.91 Å². The van der Waals surface area contributed by atoms with E-state index < -0.39 is 0 Å². The first-order chi connectivity index (χ1) is 13.1. The van der Waals surface area contributed by atoms with E-state index in [9.17, 15) is 4.79 Å². The fourth-order valence-corrected chi connectivity index (χ4v) is 4.55. The first-order valence-electron chi connectivity index (χ1n) is 9.02. The van der Waals surface area contributed by atoms with Gasteiger partial charge in [0.25, 0.3) is 5.91 Å². The van der Waals surface area contributed by atoms with E-state index in [0.29, 0.717) is 18.8 Å². The summed E-state index contributed by atoms with van der Waals surface area (Å²) < 4.78 is 8.33. The molecule has 4 rings (SSSR count). The van der Waals surface area contributed by atoms with Gasteiger partial charge in [-0.3, -0.25) is 4.79 Å². The summed E-state index contributed by atoms with van der Waals surface area (Å²) in [6.45, 7) is 2.94. The average molecular weight is 428 g/mol. The van der Waals surface area contributed by atoms with Gasteiger partial charge in [0, 0.05) is 44.1 Å². The lowest BCUT2D eigenvalue weighted by molar-refractivity contribution is 0.0736. The van der Waals surface area contributed by atoms with Crippen molar-refractivity contribution in [3.8, 4) is 5.75 Å². The zero-order valence-electron chi connectivity index (χ0n) is 15.5. The number of halogens is 1. The molecule has 6 heteroatoms. The number of nitrogens with zero attached hydrogens (tertiary/aromatic N) is 3. The minimum Gasteiger partial charge on any atom is -0.495 e. The van der Waals surface area contributed by atoms with Crippen LogP contribution in [0.3, 0.4) is 0 Å². The molecule has 1 aromatic heterocycles. The van der Waals surface area contributed by atoms with Crippen LogP contribution in [0, 0.1) is 0 Å². The third kappa shape index (κ3) is 3.08. The van der Waals surface area contributed by atoms with Gasteiger partial charge in [-0.05, 0) is 34.1 Å². The molecule has 2 aromatic carbocycles. The van der Waals surface area contributed by atoms with Crippen LogP contribution in [-0.2, 0) is 7.05 Å². The maximum Gasteiger partial charge on any atom is 0.271 e. The first kappa shape index (κ1) is 17.9. The number of carbonyl (C=O) groups is 1. The van der Waals surface area contributed by atoms with E-state index in [0.717, 1.165) is 39.9 Å². The van der Waals surface area contributed by atoms with E-state index in [1.54, 1.807) is 7.11 Å². The Bertz CT molecular complexity index is 951. The zero-order chi connectivity index (χ0) is 19.0. The minimum absolute atomic E-state index is 0.0697. The lowest BCUT2D eigenvalue weighted by Crippen LogP contribution is -2.49. The fraction of sp³-hybridized carbons (Fsp3) is 0.286. The van der Waals surface area contributed by atoms with Crippen LogP contribution in [-0.4, -0.2) is 48.7 Å². The number of rotatable bonds is 3. The van der Waals surface area contributed by atoms with Crippen molar-refractivity contribution >= 4 is 38.4 Å².